The molecule has 0 aliphatic rings. The van der Waals surface area contributed by atoms with E-state index in [9.17, 15) is 5.11 Å². The molecule has 1 rings (SSSR count). The van der Waals surface area contributed by atoms with Crippen LogP contribution in [0.3, 0.4) is 0 Å². The Bertz CT molecular complexity index is 284. The van der Waals surface area contributed by atoms with E-state index >= 15 is 0 Å². The van der Waals surface area contributed by atoms with E-state index in [0.717, 1.165) is 11.1 Å². The average Bonchev–Trinajstić information content (AvgIpc) is 2.01. The Kier molecular flexibility index (Phi) is 2.77. The number of phenolic OH excluding ortho intramolecular Hbond substituents is 1. The number of phenols is 1. The third-order valence-electron chi connectivity index (χ3n) is 1.59. The Morgan fingerprint density at radius 3 is 2.58 bits per heavy atom. The van der Waals surface area contributed by atoms with Crippen molar-refractivity contribution in [1.82, 2.24) is 0 Å². The van der Waals surface area contributed by atoms with Crippen LogP contribution in [0, 0.1) is 6.92 Å². The second-order valence-electron chi connectivity index (χ2n) is 2.55. The summed E-state index contributed by atoms with van der Waals surface area (Å²) in [4.78, 5) is 0. The summed E-state index contributed by atoms with van der Waals surface area (Å²) in [7, 11) is 0. The summed E-state index contributed by atoms with van der Waals surface area (Å²) in [5.74, 6) is 0.159. The molecular formula is C10H10ClO. The highest BCUT2D eigenvalue weighted by Gasteiger charge is 2.00. The Balaban J connectivity index is 3.08. The number of rotatable bonds is 2. The molecular weight excluding hydrogens is 172 g/mol. The molecule has 2 heteroatoms. The van der Waals surface area contributed by atoms with Gasteiger partial charge in [-0.15, -0.1) is 0 Å². The van der Waals surface area contributed by atoms with Crippen LogP contribution in [0.2, 0.25) is 5.02 Å². The molecule has 1 N–H and O–H groups in total. The van der Waals surface area contributed by atoms with Gasteiger partial charge in [-0.1, -0.05) is 18.2 Å². The van der Waals surface area contributed by atoms with E-state index in [1.165, 1.54) is 6.07 Å². The van der Waals surface area contributed by atoms with Gasteiger partial charge in [-0.3, -0.25) is 0 Å². The fourth-order valence-corrected chi connectivity index (χ4v) is 1.15. The van der Waals surface area contributed by atoms with E-state index in [0.29, 0.717) is 11.4 Å². The fraction of sp³-hybridized carbons (Fsp3) is 0.100. The van der Waals surface area contributed by atoms with Gasteiger partial charge in [-0.2, -0.15) is 0 Å². The van der Waals surface area contributed by atoms with Crippen molar-refractivity contribution in [2.75, 3.05) is 0 Å². The Hall–Kier alpha value is -0.950. The van der Waals surface area contributed by atoms with Crippen molar-refractivity contribution in [2.45, 2.75) is 6.42 Å². The molecule has 0 unspecified atom stereocenters. The molecule has 12 heavy (non-hydrogen) atoms. The second-order valence-corrected chi connectivity index (χ2v) is 2.99. The minimum atomic E-state index is 0.159. The molecule has 1 aromatic rings. The molecule has 0 saturated carbocycles. The first kappa shape index (κ1) is 9.14. The van der Waals surface area contributed by atoms with Crippen LogP contribution in [-0.4, -0.2) is 5.11 Å². The topological polar surface area (TPSA) is 20.2 Å². The van der Waals surface area contributed by atoms with E-state index in [2.05, 4.69) is 13.5 Å². The van der Waals surface area contributed by atoms with Crippen LogP contribution in [0.4, 0.5) is 0 Å². The zero-order valence-electron chi connectivity index (χ0n) is 6.68. The first-order valence-electron chi connectivity index (χ1n) is 3.60. The highest BCUT2D eigenvalue weighted by atomic mass is 35.5. The van der Waals surface area contributed by atoms with Gasteiger partial charge >= 0.3 is 0 Å². The zero-order chi connectivity index (χ0) is 9.14. The van der Waals surface area contributed by atoms with Gasteiger partial charge in [-0.25, -0.2) is 0 Å². The van der Waals surface area contributed by atoms with E-state index in [1.807, 2.05) is 0 Å². The lowest BCUT2D eigenvalue weighted by molar-refractivity contribution is 0.475. The molecule has 0 spiro atoms. The number of benzene rings is 1. The van der Waals surface area contributed by atoms with Crippen LogP contribution in [0.15, 0.2) is 24.8 Å². The van der Waals surface area contributed by atoms with Gasteiger partial charge in [0.25, 0.3) is 0 Å². The molecule has 1 aromatic carbocycles. The number of hydrogen-bond acceptors (Lipinski definition) is 1. The maximum atomic E-state index is 9.19. The Morgan fingerprint density at radius 2 is 2.08 bits per heavy atom. The molecule has 1 radical (unpaired) electrons. The molecule has 63 valence electrons. The molecule has 1 nitrogen and oxygen atoms in total. The first-order chi connectivity index (χ1) is 5.63. The number of allylic oxidation sites excluding steroid dienone is 1. The van der Waals surface area contributed by atoms with Gasteiger partial charge in [0.1, 0.15) is 5.75 Å². The van der Waals surface area contributed by atoms with Crippen LogP contribution < -0.4 is 0 Å². The maximum Gasteiger partial charge on any atom is 0.117 e. The van der Waals surface area contributed by atoms with E-state index in [1.54, 1.807) is 12.1 Å². The summed E-state index contributed by atoms with van der Waals surface area (Å²) in [5.41, 5.74) is 1.71. The van der Waals surface area contributed by atoms with Crippen molar-refractivity contribution in [3.05, 3.63) is 42.3 Å². The number of halogens is 1. The molecule has 0 amide bonds. The monoisotopic (exact) mass is 181 g/mol. The molecule has 0 heterocycles. The molecule has 0 atom stereocenters. The lowest BCUT2D eigenvalue weighted by Crippen LogP contribution is -1.80. The molecule has 0 aliphatic heterocycles. The van der Waals surface area contributed by atoms with Crippen LogP contribution in [0.5, 0.6) is 5.75 Å². The first-order valence-corrected chi connectivity index (χ1v) is 3.98. The van der Waals surface area contributed by atoms with Gasteiger partial charge in [-0.05, 0) is 42.7 Å². The number of hydrogen-bond donors (Lipinski definition) is 1. The summed E-state index contributed by atoms with van der Waals surface area (Å²) in [6, 6.07) is 4.87. The minimum Gasteiger partial charge on any atom is -0.508 e. The predicted molar refractivity (Wildman–Crippen MR) is 52.1 cm³/mol. The molecule has 0 fully saturated rings. The average molecular weight is 182 g/mol. The van der Waals surface area contributed by atoms with Crippen molar-refractivity contribution in [2.24, 2.45) is 0 Å². The normalized spacial score (nSPS) is 9.83. The van der Waals surface area contributed by atoms with Gasteiger partial charge in [0.15, 0.2) is 0 Å². The van der Waals surface area contributed by atoms with E-state index in [4.69, 9.17) is 11.6 Å². The van der Waals surface area contributed by atoms with Crippen molar-refractivity contribution >= 4 is 17.2 Å². The quantitative estimate of drug-likeness (QED) is 0.743. The Labute approximate surface area is 77.3 Å². The molecule has 0 saturated heterocycles. The third-order valence-corrected chi connectivity index (χ3v) is 1.81. The van der Waals surface area contributed by atoms with Crippen LogP contribution in [0.25, 0.3) is 5.57 Å². The summed E-state index contributed by atoms with van der Waals surface area (Å²) in [6.45, 7) is 7.49. The van der Waals surface area contributed by atoms with Crippen LogP contribution in [-0.2, 0) is 0 Å². The smallest absolute Gasteiger partial charge is 0.117 e. The molecule has 0 aromatic heterocycles. The summed E-state index contributed by atoms with van der Waals surface area (Å²) < 4.78 is 0. The van der Waals surface area contributed by atoms with E-state index < -0.39 is 0 Å². The SMILES string of the molecule is [CH2]CC(=C)c1cc(O)cc(Cl)c1. The van der Waals surface area contributed by atoms with Gasteiger partial charge in [0.2, 0.25) is 0 Å². The van der Waals surface area contributed by atoms with E-state index in [-0.39, 0.29) is 5.75 Å². The third kappa shape index (κ3) is 2.02. The van der Waals surface area contributed by atoms with Gasteiger partial charge in [0, 0.05) is 5.02 Å². The molecule has 0 bridgehead atoms. The van der Waals surface area contributed by atoms with Crippen molar-refractivity contribution in [1.29, 1.82) is 0 Å². The van der Waals surface area contributed by atoms with Gasteiger partial charge in [0.05, 0.1) is 0 Å². The van der Waals surface area contributed by atoms with Gasteiger partial charge < -0.3 is 5.11 Å². The highest BCUT2D eigenvalue weighted by Crippen LogP contribution is 2.25. The lowest BCUT2D eigenvalue weighted by Gasteiger charge is -2.03. The summed E-state index contributed by atoms with van der Waals surface area (Å²) >= 11 is 5.73. The standard InChI is InChI=1S/C10H10ClO/c1-3-7(2)8-4-9(11)6-10(12)5-8/h4-6,12H,1-3H2. The largest absolute Gasteiger partial charge is 0.508 e. The fourth-order valence-electron chi connectivity index (χ4n) is 0.923. The van der Waals surface area contributed by atoms with Crippen molar-refractivity contribution in [3.63, 3.8) is 0 Å². The summed E-state index contributed by atoms with van der Waals surface area (Å²) in [5, 5.41) is 9.71. The highest BCUT2D eigenvalue weighted by molar-refractivity contribution is 6.30. The minimum absolute atomic E-state index is 0.159. The predicted octanol–water partition coefficient (Wildman–Crippen LogP) is 3.28. The summed E-state index contributed by atoms with van der Waals surface area (Å²) in [6.07, 6.45) is 0.611. The van der Waals surface area contributed by atoms with Crippen molar-refractivity contribution in [3.8, 4) is 5.75 Å². The van der Waals surface area contributed by atoms with Crippen LogP contribution >= 0.6 is 11.6 Å². The van der Waals surface area contributed by atoms with Crippen molar-refractivity contribution < 1.29 is 5.11 Å². The van der Waals surface area contributed by atoms with Crippen LogP contribution in [0.1, 0.15) is 12.0 Å². The molecule has 0 aliphatic carbocycles. The second kappa shape index (κ2) is 3.63. The lowest BCUT2D eigenvalue weighted by atomic mass is 10.1. The maximum absolute atomic E-state index is 9.19. The number of aromatic hydroxyl groups is 1. The Morgan fingerprint density at radius 1 is 1.42 bits per heavy atom. The zero-order valence-corrected chi connectivity index (χ0v) is 7.43.